The van der Waals surface area contributed by atoms with Gasteiger partial charge < -0.3 is 18.0 Å². The largest absolute Gasteiger partial charge is 0.344 e. The Morgan fingerprint density at radius 1 is 0.357 bits per heavy atom. The van der Waals surface area contributed by atoms with E-state index in [1.54, 1.807) is 0 Å². The number of hydrogen-bond donors (Lipinski definition) is 3. The lowest BCUT2D eigenvalue weighted by atomic mass is 10.0. The number of unbranched alkanes of at least 4 members (excludes halogenated alkanes) is 19. The van der Waals surface area contributed by atoms with Gasteiger partial charge in [-0.2, -0.15) is 0 Å². The Bertz CT molecular complexity index is 191. The molecule has 0 saturated heterocycles. The zero-order valence-corrected chi connectivity index (χ0v) is 21.5. The second-order valence-corrected chi connectivity index (χ2v) is 7.51. The lowest BCUT2D eigenvalue weighted by molar-refractivity contribution is 0.522. The lowest BCUT2D eigenvalue weighted by Gasteiger charge is -2.04. The summed E-state index contributed by atoms with van der Waals surface area (Å²) in [5.41, 5.74) is 5.51. The predicted octanol–water partition coefficient (Wildman–Crippen LogP) is 9.36. The fraction of sp³-hybridized carbons (Fsp3) is 1.00. The molecule has 0 aliphatic carbocycles. The summed E-state index contributed by atoms with van der Waals surface area (Å²) in [7, 11) is 0. The van der Waals surface area contributed by atoms with E-state index in [4.69, 9.17) is 5.73 Å². The highest BCUT2D eigenvalue weighted by Gasteiger charge is 1.95. The molecule has 0 aromatic rings. The second-order valence-electron chi connectivity index (χ2n) is 7.51. The summed E-state index contributed by atoms with van der Waals surface area (Å²) in [5, 5.41) is 0. The Hall–Kier alpha value is 0.750. The molecule has 0 rings (SSSR count). The normalized spacial score (nSPS) is 9.21. The van der Waals surface area contributed by atoms with E-state index in [9.17, 15) is 0 Å². The molecule has 0 aromatic heterocycles. The van der Waals surface area contributed by atoms with Crippen molar-refractivity contribution in [1.29, 1.82) is 0 Å². The van der Waals surface area contributed by atoms with E-state index in [1.807, 2.05) is 0 Å². The van der Waals surface area contributed by atoms with Gasteiger partial charge in [-0.15, -0.1) is 37.2 Å². The van der Waals surface area contributed by atoms with Crippen LogP contribution in [0.3, 0.4) is 0 Å². The highest BCUT2D eigenvalue weighted by molar-refractivity contribution is 5.86. The first kappa shape index (κ1) is 42.8. The molecule has 0 aliphatic rings. The van der Waals surface area contributed by atoms with Crippen LogP contribution in [0.25, 0.3) is 0 Å². The van der Waals surface area contributed by atoms with Crippen LogP contribution in [0.2, 0.25) is 0 Å². The van der Waals surface area contributed by atoms with Crippen LogP contribution in [-0.2, 0) is 0 Å². The minimum atomic E-state index is 0. The van der Waals surface area contributed by atoms with Crippen molar-refractivity contribution >= 4 is 37.2 Å². The zero-order chi connectivity index (χ0) is 16.8. The quantitative estimate of drug-likeness (QED) is 0.155. The molecular formula is C22H56Cl3N3. The predicted molar refractivity (Wildman–Crippen MR) is 139 cm³/mol. The van der Waals surface area contributed by atoms with Gasteiger partial charge in [-0.25, -0.2) is 0 Å². The monoisotopic (exact) mass is 467 g/mol. The van der Waals surface area contributed by atoms with Gasteiger partial charge in [0.05, 0.1) is 0 Å². The average molecular weight is 469 g/mol. The van der Waals surface area contributed by atoms with Crippen molar-refractivity contribution in [3.63, 3.8) is 0 Å². The summed E-state index contributed by atoms with van der Waals surface area (Å²) in [6, 6.07) is 0. The van der Waals surface area contributed by atoms with Gasteiger partial charge in [0.1, 0.15) is 0 Å². The number of nitrogens with two attached hydrogens (primary N) is 1. The van der Waals surface area contributed by atoms with Gasteiger partial charge in [-0.3, -0.25) is 0 Å². The maximum atomic E-state index is 5.51. The van der Waals surface area contributed by atoms with Crippen LogP contribution in [0.4, 0.5) is 0 Å². The van der Waals surface area contributed by atoms with Crippen LogP contribution in [0.1, 0.15) is 135 Å². The third kappa shape index (κ3) is 41.2. The van der Waals surface area contributed by atoms with E-state index in [1.165, 1.54) is 128 Å². The molecule has 3 nitrogen and oxygen atoms in total. The third-order valence-electron chi connectivity index (χ3n) is 5.06. The number of rotatable bonds is 20. The van der Waals surface area contributed by atoms with E-state index in [0.29, 0.717) is 0 Å². The molecule has 0 aliphatic heterocycles. The van der Waals surface area contributed by atoms with Gasteiger partial charge in [0.2, 0.25) is 0 Å². The van der Waals surface area contributed by atoms with Crippen LogP contribution < -0.4 is 18.0 Å². The maximum absolute atomic E-state index is 5.51. The van der Waals surface area contributed by atoms with Gasteiger partial charge in [-0.1, -0.05) is 129 Å². The van der Waals surface area contributed by atoms with E-state index in [-0.39, 0.29) is 49.5 Å². The minimum Gasteiger partial charge on any atom is -0.344 e. The van der Waals surface area contributed by atoms with Gasteiger partial charge in [-0.05, 0) is 13.0 Å². The zero-order valence-electron chi connectivity index (χ0n) is 19.1. The standard InChI is InChI=1S/C22H47N.3ClH.2H3N/c1-2-3-4-5-6-7-8-9-10-11-12-13-14-15-16-17-18-19-20-21-22-23;;;;;/h2-23H2,1H3;3*1H;2*1H3. The molecule has 0 unspecified atom stereocenters. The second kappa shape index (κ2) is 42.0. The highest BCUT2D eigenvalue weighted by Crippen LogP contribution is 2.14. The summed E-state index contributed by atoms with van der Waals surface area (Å²) in [4.78, 5) is 0. The van der Waals surface area contributed by atoms with E-state index in [0.717, 1.165) is 6.54 Å². The molecule has 0 bridgehead atoms. The van der Waals surface area contributed by atoms with Crippen molar-refractivity contribution in [3.05, 3.63) is 0 Å². The van der Waals surface area contributed by atoms with Gasteiger partial charge in [0, 0.05) is 0 Å². The van der Waals surface area contributed by atoms with Crippen LogP contribution >= 0.6 is 37.2 Å². The molecule has 28 heavy (non-hydrogen) atoms. The van der Waals surface area contributed by atoms with Crippen molar-refractivity contribution in [2.75, 3.05) is 6.54 Å². The third-order valence-corrected chi connectivity index (χ3v) is 5.06. The SMILES string of the molecule is CCCCCCCCCCCCCCCCCCCCCCN.Cl.Cl.Cl.N.N. The summed E-state index contributed by atoms with van der Waals surface area (Å²) in [5.74, 6) is 0. The highest BCUT2D eigenvalue weighted by atomic mass is 35.5. The fourth-order valence-corrected chi connectivity index (χ4v) is 3.40. The fourth-order valence-electron chi connectivity index (χ4n) is 3.40. The van der Waals surface area contributed by atoms with Crippen molar-refractivity contribution in [2.45, 2.75) is 135 Å². The summed E-state index contributed by atoms with van der Waals surface area (Å²) >= 11 is 0. The Kier molecular flexibility index (Phi) is 64.1. The summed E-state index contributed by atoms with van der Waals surface area (Å²) < 4.78 is 0. The molecule has 0 aromatic carbocycles. The van der Waals surface area contributed by atoms with Crippen molar-refractivity contribution in [1.82, 2.24) is 12.3 Å². The molecule has 0 saturated carbocycles. The molecule has 0 spiro atoms. The van der Waals surface area contributed by atoms with Crippen molar-refractivity contribution < 1.29 is 0 Å². The van der Waals surface area contributed by atoms with Crippen LogP contribution in [-0.4, -0.2) is 6.54 Å². The molecule has 8 N–H and O–H groups in total. The Labute approximate surface area is 196 Å². The first-order chi connectivity index (χ1) is 11.4. The molecule has 0 radical (unpaired) electrons. The Morgan fingerprint density at radius 2 is 0.536 bits per heavy atom. The Balaban J connectivity index is -0.000000242. The smallest absolute Gasteiger partial charge is 0.00773 e. The van der Waals surface area contributed by atoms with Crippen molar-refractivity contribution in [3.8, 4) is 0 Å². The summed E-state index contributed by atoms with van der Waals surface area (Å²) in [6.45, 7) is 3.17. The van der Waals surface area contributed by atoms with Crippen molar-refractivity contribution in [2.24, 2.45) is 5.73 Å². The van der Waals surface area contributed by atoms with E-state index >= 15 is 0 Å². The van der Waals surface area contributed by atoms with Crippen LogP contribution in [0.15, 0.2) is 0 Å². The first-order valence-electron chi connectivity index (χ1n) is 11.1. The van der Waals surface area contributed by atoms with Gasteiger partial charge in [0.15, 0.2) is 0 Å². The minimum absolute atomic E-state index is 0. The molecule has 0 heterocycles. The molecule has 6 heteroatoms. The molecule has 180 valence electrons. The van der Waals surface area contributed by atoms with Crippen LogP contribution in [0.5, 0.6) is 0 Å². The van der Waals surface area contributed by atoms with Gasteiger partial charge >= 0.3 is 0 Å². The average Bonchev–Trinajstić information content (AvgIpc) is 2.57. The van der Waals surface area contributed by atoms with Crippen LogP contribution in [0, 0.1) is 0 Å². The number of hydrogen-bond acceptors (Lipinski definition) is 3. The topological polar surface area (TPSA) is 96.0 Å². The van der Waals surface area contributed by atoms with Gasteiger partial charge in [0.25, 0.3) is 0 Å². The molecule has 0 atom stereocenters. The number of halogens is 3. The molecule has 0 fully saturated rings. The molecule has 0 amide bonds. The van der Waals surface area contributed by atoms with E-state index < -0.39 is 0 Å². The summed E-state index contributed by atoms with van der Waals surface area (Å²) in [6.07, 6.45) is 28.8. The lowest BCUT2D eigenvalue weighted by Crippen LogP contribution is -1.97. The molecular weight excluding hydrogens is 413 g/mol. The maximum Gasteiger partial charge on any atom is -0.00773 e. The Morgan fingerprint density at radius 3 is 0.714 bits per heavy atom. The first-order valence-corrected chi connectivity index (χ1v) is 11.1. The van der Waals surface area contributed by atoms with E-state index in [2.05, 4.69) is 6.92 Å².